The molecule has 3 aromatic rings. The van der Waals surface area contributed by atoms with Crippen molar-refractivity contribution in [3.8, 4) is 0 Å². The fraction of sp³-hybridized carbons (Fsp3) is 0.250. The first-order valence-electron chi connectivity index (χ1n) is 12.4. The van der Waals surface area contributed by atoms with E-state index in [1.165, 1.54) is 24.3 Å². The summed E-state index contributed by atoms with van der Waals surface area (Å²) in [7, 11) is -4.09. The number of sulfonamides is 1. The van der Waals surface area contributed by atoms with Crippen LogP contribution in [0.5, 0.6) is 0 Å². The van der Waals surface area contributed by atoms with Gasteiger partial charge in [0, 0.05) is 16.5 Å². The fourth-order valence-electron chi connectivity index (χ4n) is 4.21. The van der Waals surface area contributed by atoms with Crippen LogP contribution in [0.2, 0.25) is 10.0 Å². The number of halogens is 2. The Kier molecular flexibility index (Phi) is 8.94. The number of aliphatic imine (C=N–C) groups is 1. The number of nitrogens with zero attached hydrogens (tertiary/aromatic N) is 3. The molecule has 3 aromatic carbocycles. The standard InChI is InChI=1S/C28H29Cl2N5O3S/c1-18(2)16-24(27(31)36)32-28(34-39(37,38)23-14-10-21(30)11-15-23)25-17-26(19-6-4-3-5-7-19)35(33-25)22-12-8-20(29)9-13-22/h3-15,18,24,26H,16-17H2,1-2H3,(H2,31,36)(H,32,34)/t24-,26?/m0/s1. The summed E-state index contributed by atoms with van der Waals surface area (Å²) in [5.41, 5.74) is 7.77. The van der Waals surface area contributed by atoms with Crippen LogP contribution in [0.25, 0.3) is 0 Å². The SMILES string of the molecule is CC(C)C[C@H](N=C(NS(=O)(=O)c1ccc(Cl)cc1)C1=NN(c2ccc(Cl)cc2)C(c2ccccc2)C1)C(N)=O. The summed E-state index contributed by atoms with van der Waals surface area (Å²) in [6.45, 7) is 3.87. The van der Waals surface area contributed by atoms with Crippen LogP contribution in [0.15, 0.2) is 93.9 Å². The van der Waals surface area contributed by atoms with Crippen molar-refractivity contribution < 1.29 is 13.2 Å². The Morgan fingerprint density at radius 1 is 1.03 bits per heavy atom. The Bertz CT molecular complexity index is 1480. The molecule has 0 saturated carbocycles. The number of nitrogens with two attached hydrogens (primary N) is 1. The smallest absolute Gasteiger partial charge is 0.263 e. The van der Waals surface area contributed by atoms with Crippen molar-refractivity contribution in [2.45, 2.75) is 43.7 Å². The van der Waals surface area contributed by atoms with Gasteiger partial charge in [0.1, 0.15) is 11.8 Å². The first-order chi connectivity index (χ1) is 18.5. The number of hydrazone groups is 1. The average molecular weight is 587 g/mol. The summed E-state index contributed by atoms with van der Waals surface area (Å²) in [5.74, 6) is -0.597. The van der Waals surface area contributed by atoms with Gasteiger partial charge in [-0.2, -0.15) is 5.10 Å². The molecule has 0 bridgehead atoms. The van der Waals surface area contributed by atoms with Crippen LogP contribution >= 0.6 is 23.2 Å². The van der Waals surface area contributed by atoms with E-state index in [2.05, 4.69) is 9.71 Å². The maximum absolute atomic E-state index is 13.4. The normalized spacial score (nSPS) is 16.7. The third-order valence-corrected chi connectivity index (χ3v) is 7.98. The van der Waals surface area contributed by atoms with Gasteiger partial charge in [-0.1, -0.05) is 67.4 Å². The summed E-state index contributed by atoms with van der Waals surface area (Å²) in [4.78, 5) is 16.9. The molecule has 3 N–H and O–H groups in total. The lowest BCUT2D eigenvalue weighted by Gasteiger charge is -2.24. The number of anilines is 1. The third-order valence-electron chi connectivity index (χ3n) is 6.12. The number of rotatable bonds is 9. The summed E-state index contributed by atoms with van der Waals surface area (Å²) < 4.78 is 29.4. The van der Waals surface area contributed by atoms with E-state index in [0.29, 0.717) is 28.6 Å². The number of nitrogens with one attached hydrogen (secondary N) is 1. The largest absolute Gasteiger partial charge is 0.368 e. The zero-order valence-corrected chi connectivity index (χ0v) is 23.8. The first kappa shape index (κ1) is 28.6. The highest BCUT2D eigenvalue weighted by molar-refractivity contribution is 7.90. The molecule has 0 aliphatic carbocycles. The highest BCUT2D eigenvalue weighted by atomic mass is 35.5. The molecule has 0 aromatic heterocycles. The van der Waals surface area contributed by atoms with Crippen LogP contribution in [0, 0.1) is 5.92 Å². The van der Waals surface area contributed by atoms with Gasteiger partial charge >= 0.3 is 0 Å². The van der Waals surface area contributed by atoms with Crippen molar-refractivity contribution in [1.29, 1.82) is 0 Å². The van der Waals surface area contributed by atoms with E-state index >= 15 is 0 Å². The second-order valence-corrected chi connectivity index (χ2v) is 12.1. The molecule has 39 heavy (non-hydrogen) atoms. The van der Waals surface area contributed by atoms with Crippen molar-refractivity contribution in [2.75, 3.05) is 5.01 Å². The molecule has 8 nitrogen and oxygen atoms in total. The maximum atomic E-state index is 13.4. The second kappa shape index (κ2) is 12.2. The molecular formula is C28H29Cl2N5O3S. The molecular weight excluding hydrogens is 557 g/mol. The van der Waals surface area contributed by atoms with Crippen LogP contribution in [-0.2, 0) is 14.8 Å². The van der Waals surface area contributed by atoms with Gasteiger partial charge < -0.3 is 5.73 Å². The number of hydrogen-bond acceptors (Lipinski definition) is 6. The fourth-order valence-corrected chi connectivity index (χ4v) is 5.50. The molecule has 204 valence electrons. The third kappa shape index (κ3) is 7.17. The maximum Gasteiger partial charge on any atom is 0.263 e. The number of amidine groups is 1. The molecule has 1 aliphatic heterocycles. The predicted molar refractivity (Wildman–Crippen MR) is 157 cm³/mol. The van der Waals surface area contributed by atoms with Crippen molar-refractivity contribution in [3.05, 3.63) is 94.5 Å². The number of amides is 1. The van der Waals surface area contributed by atoms with Gasteiger partial charge in [0.2, 0.25) is 5.91 Å². The Balaban J connectivity index is 1.81. The summed E-state index contributed by atoms with van der Waals surface area (Å²) in [6, 6.07) is 21.5. The quantitative estimate of drug-likeness (QED) is 0.252. The zero-order valence-electron chi connectivity index (χ0n) is 21.5. The molecule has 1 unspecified atom stereocenters. The minimum atomic E-state index is -4.09. The van der Waals surface area contributed by atoms with Gasteiger partial charge in [0.05, 0.1) is 16.6 Å². The lowest BCUT2D eigenvalue weighted by Crippen LogP contribution is -2.39. The Labute approximate surface area is 238 Å². The van der Waals surface area contributed by atoms with Crippen LogP contribution in [0.3, 0.4) is 0 Å². The van der Waals surface area contributed by atoms with E-state index in [9.17, 15) is 13.2 Å². The van der Waals surface area contributed by atoms with Crippen LogP contribution in [0.4, 0.5) is 5.69 Å². The van der Waals surface area contributed by atoms with Gasteiger partial charge in [-0.25, -0.2) is 8.42 Å². The Morgan fingerprint density at radius 3 is 2.18 bits per heavy atom. The molecule has 0 saturated heterocycles. The van der Waals surface area contributed by atoms with E-state index in [0.717, 1.165) is 11.3 Å². The average Bonchev–Trinajstić information content (AvgIpc) is 3.34. The molecule has 0 radical (unpaired) electrons. The van der Waals surface area contributed by atoms with Gasteiger partial charge in [-0.05, 0) is 66.4 Å². The molecule has 4 rings (SSSR count). The Hall–Kier alpha value is -3.40. The predicted octanol–water partition coefficient (Wildman–Crippen LogP) is 5.58. The zero-order chi connectivity index (χ0) is 28.2. The molecule has 1 heterocycles. The van der Waals surface area contributed by atoms with Gasteiger partial charge in [0.25, 0.3) is 10.0 Å². The van der Waals surface area contributed by atoms with Crippen LogP contribution < -0.4 is 15.5 Å². The molecule has 0 spiro atoms. The van der Waals surface area contributed by atoms with Gasteiger partial charge in [-0.15, -0.1) is 0 Å². The van der Waals surface area contributed by atoms with E-state index in [4.69, 9.17) is 34.0 Å². The Morgan fingerprint density at radius 2 is 1.62 bits per heavy atom. The molecule has 1 amide bonds. The second-order valence-electron chi connectivity index (χ2n) is 9.58. The first-order valence-corrected chi connectivity index (χ1v) is 14.6. The van der Waals surface area contributed by atoms with E-state index in [1.807, 2.05) is 56.3 Å². The lowest BCUT2D eigenvalue weighted by atomic mass is 10.0. The topological polar surface area (TPSA) is 117 Å². The number of carbonyl (C=O) groups excluding carboxylic acids is 1. The number of primary amides is 1. The monoisotopic (exact) mass is 585 g/mol. The van der Waals surface area contributed by atoms with Crippen molar-refractivity contribution in [3.63, 3.8) is 0 Å². The summed E-state index contributed by atoms with van der Waals surface area (Å²) >= 11 is 12.1. The van der Waals surface area contributed by atoms with E-state index in [1.54, 1.807) is 17.1 Å². The van der Waals surface area contributed by atoms with Crippen LogP contribution in [0.1, 0.15) is 38.3 Å². The van der Waals surface area contributed by atoms with Crippen molar-refractivity contribution in [2.24, 2.45) is 21.7 Å². The highest BCUT2D eigenvalue weighted by Gasteiger charge is 2.34. The highest BCUT2D eigenvalue weighted by Crippen LogP contribution is 2.36. The summed E-state index contributed by atoms with van der Waals surface area (Å²) in [6.07, 6.45) is 0.666. The number of hydrogen-bond donors (Lipinski definition) is 2. The van der Waals surface area contributed by atoms with Crippen molar-refractivity contribution >= 4 is 56.4 Å². The molecule has 2 atom stereocenters. The lowest BCUT2D eigenvalue weighted by molar-refractivity contribution is -0.119. The van der Waals surface area contributed by atoms with Crippen molar-refractivity contribution in [1.82, 2.24) is 4.72 Å². The minimum absolute atomic E-state index is 0.00755. The van der Waals surface area contributed by atoms with Gasteiger partial charge in [0.15, 0.2) is 5.84 Å². The van der Waals surface area contributed by atoms with Crippen LogP contribution in [-0.4, -0.2) is 31.9 Å². The van der Waals surface area contributed by atoms with E-state index in [-0.39, 0.29) is 22.7 Å². The van der Waals surface area contributed by atoms with Gasteiger partial charge in [-0.3, -0.25) is 19.5 Å². The number of carbonyl (C=O) groups is 1. The summed E-state index contributed by atoms with van der Waals surface area (Å²) in [5, 5.41) is 7.59. The molecule has 1 aliphatic rings. The molecule has 11 heteroatoms. The number of benzene rings is 3. The van der Waals surface area contributed by atoms with E-state index < -0.39 is 22.0 Å². The molecule has 0 fully saturated rings. The minimum Gasteiger partial charge on any atom is -0.368 e.